The third-order valence-electron chi connectivity index (χ3n) is 8.80. The van der Waals surface area contributed by atoms with Gasteiger partial charge in [0.25, 0.3) is 0 Å². The SMILES string of the molecule is c1ccc(-c2cccc(N(c3ccc4c(ccc5sc6ccccc6c54)c3)c3cc4ccccc4c4ccccc34)c2)cc1. The van der Waals surface area contributed by atoms with E-state index in [1.165, 1.54) is 69.3 Å². The number of benzene rings is 8. The van der Waals surface area contributed by atoms with Crippen molar-refractivity contribution in [3.05, 3.63) is 164 Å². The lowest BCUT2D eigenvalue weighted by Crippen LogP contribution is -2.11. The van der Waals surface area contributed by atoms with Gasteiger partial charge in [0, 0.05) is 36.9 Å². The van der Waals surface area contributed by atoms with Gasteiger partial charge in [-0.15, -0.1) is 11.3 Å². The van der Waals surface area contributed by atoms with E-state index < -0.39 is 0 Å². The van der Waals surface area contributed by atoms with Crippen molar-refractivity contribution in [2.45, 2.75) is 0 Å². The Morgan fingerprint density at radius 1 is 0.364 bits per heavy atom. The highest BCUT2D eigenvalue weighted by Gasteiger charge is 2.19. The molecular weight excluding hydrogens is 551 g/mol. The molecular formula is C42H27NS. The summed E-state index contributed by atoms with van der Waals surface area (Å²) in [5, 5.41) is 10.2. The van der Waals surface area contributed by atoms with Crippen molar-refractivity contribution in [3.63, 3.8) is 0 Å². The fraction of sp³-hybridized carbons (Fsp3) is 0. The molecule has 1 aromatic heterocycles. The smallest absolute Gasteiger partial charge is 0.0546 e. The second-order valence-electron chi connectivity index (χ2n) is 11.4. The molecule has 0 aliphatic heterocycles. The van der Waals surface area contributed by atoms with Crippen LogP contribution in [-0.4, -0.2) is 0 Å². The topological polar surface area (TPSA) is 3.24 Å². The van der Waals surface area contributed by atoms with Gasteiger partial charge in [0.1, 0.15) is 0 Å². The quantitative estimate of drug-likeness (QED) is 0.188. The number of thiophene rings is 1. The van der Waals surface area contributed by atoms with Gasteiger partial charge in [-0.1, -0.05) is 121 Å². The van der Waals surface area contributed by atoms with E-state index in [9.17, 15) is 0 Å². The van der Waals surface area contributed by atoms with Gasteiger partial charge in [0.05, 0.1) is 5.69 Å². The molecule has 0 N–H and O–H groups in total. The van der Waals surface area contributed by atoms with Crippen LogP contribution < -0.4 is 4.90 Å². The molecule has 9 rings (SSSR count). The third-order valence-corrected chi connectivity index (χ3v) is 9.93. The minimum atomic E-state index is 1.13. The minimum Gasteiger partial charge on any atom is -0.310 e. The number of rotatable bonds is 4. The maximum Gasteiger partial charge on any atom is 0.0546 e. The Labute approximate surface area is 259 Å². The highest BCUT2D eigenvalue weighted by Crippen LogP contribution is 2.45. The molecule has 0 bridgehead atoms. The molecule has 0 fully saturated rings. The summed E-state index contributed by atoms with van der Waals surface area (Å²) in [5.74, 6) is 0. The summed E-state index contributed by atoms with van der Waals surface area (Å²) in [7, 11) is 0. The Balaban J connectivity index is 1.33. The largest absolute Gasteiger partial charge is 0.310 e. The molecule has 1 heterocycles. The van der Waals surface area contributed by atoms with Crippen LogP contribution in [0.3, 0.4) is 0 Å². The molecule has 0 aliphatic rings. The fourth-order valence-corrected chi connectivity index (χ4v) is 7.90. The van der Waals surface area contributed by atoms with E-state index in [1.807, 2.05) is 11.3 Å². The van der Waals surface area contributed by atoms with Gasteiger partial charge >= 0.3 is 0 Å². The molecule has 0 atom stereocenters. The lowest BCUT2D eigenvalue weighted by molar-refractivity contribution is 1.31. The second-order valence-corrected chi connectivity index (χ2v) is 12.4. The predicted octanol–water partition coefficient (Wildman–Crippen LogP) is 12.7. The van der Waals surface area contributed by atoms with Gasteiger partial charge in [0.2, 0.25) is 0 Å². The van der Waals surface area contributed by atoms with E-state index in [1.54, 1.807) is 0 Å². The van der Waals surface area contributed by atoms with Crippen molar-refractivity contribution in [3.8, 4) is 11.1 Å². The predicted molar refractivity (Wildman–Crippen MR) is 192 cm³/mol. The van der Waals surface area contributed by atoms with Gasteiger partial charge in [0.15, 0.2) is 0 Å². The van der Waals surface area contributed by atoms with Gasteiger partial charge in [-0.3, -0.25) is 0 Å². The number of anilines is 3. The summed E-state index contributed by atoms with van der Waals surface area (Å²) >= 11 is 1.87. The van der Waals surface area contributed by atoms with Crippen molar-refractivity contribution < 1.29 is 0 Å². The maximum atomic E-state index is 2.44. The average Bonchev–Trinajstić information content (AvgIpc) is 3.48. The highest BCUT2D eigenvalue weighted by molar-refractivity contribution is 7.26. The Kier molecular flexibility index (Phi) is 5.75. The van der Waals surface area contributed by atoms with Gasteiger partial charge in [-0.2, -0.15) is 0 Å². The average molecular weight is 578 g/mol. The van der Waals surface area contributed by atoms with Crippen LogP contribution in [-0.2, 0) is 0 Å². The standard InChI is InChI=1S/C42H27NS/c1-2-11-28(12-3-1)29-14-10-15-32(25-29)43(39-27-30-13-4-5-16-34(30)36-17-6-7-18-37(36)39)33-22-23-35-31(26-33)21-24-41-42(35)38-19-8-9-20-40(38)44-41/h1-27H. The van der Waals surface area contributed by atoms with E-state index in [0.717, 1.165) is 11.4 Å². The van der Waals surface area contributed by atoms with Crippen molar-refractivity contribution in [1.82, 2.24) is 0 Å². The number of hydrogen-bond donors (Lipinski definition) is 0. The Morgan fingerprint density at radius 3 is 1.93 bits per heavy atom. The zero-order chi connectivity index (χ0) is 29.0. The molecule has 206 valence electrons. The summed E-state index contributed by atoms with van der Waals surface area (Å²) < 4.78 is 2.67. The first kappa shape index (κ1) is 25.1. The Hall–Kier alpha value is -5.44. The van der Waals surface area contributed by atoms with Crippen molar-refractivity contribution in [1.29, 1.82) is 0 Å². The minimum absolute atomic E-state index is 1.13. The monoisotopic (exact) mass is 577 g/mol. The first-order valence-corrected chi connectivity index (χ1v) is 15.8. The van der Waals surface area contributed by atoms with Crippen LogP contribution >= 0.6 is 11.3 Å². The zero-order valence-corrected chi connectivity index (χ0v) is 24.8. The Morgan fingerprint density at radius 2 is 1.05 bits per heavy atom. The Bertz CT molecular complexity index is 2510. The fourth-order valence-electron chi connectivity index (χ4n) is 6.78. The van der Waals surface area contributed by atoms with E-state index in [0.29, 0.717) is 0 Å². The molecule has 0 radical (unpaired) electrons. The van der Waals surface area contributed by atoms with Crippen molar-refractivity contribution in [2.24, 2.45) is 0 Å². The maximum absolute atomic E-state index is 2.44. The molecule has 0 saturated heterocycles. The van der Waals surface area contributed by atoms with Crippen LogP contribution in [0.1, 0.15) is 0 Å². The molecule has 8 aromatic carbocycles. The molecule has 2 heteroatoms. The van der Waals surface area contributed by atoms with E-state index in [2.05, 4.69) is 169 Å². The van der Waals surface area contributed by atoms with Crippen LogP contribution in [0.15, 0.2) is 164 Å². The lowest BCUT2D eigenvalue weighted by atomic mass is 9.98. The zero-order valence-electron chi connectivity index (χ0n) is 23.9. The van der Waals surface area contributed by atoms with E-state index >= 15 is 0 Å². The summed E-state index contributed by atoms with van der Waals surface area (Å²) in [6, 6.07) is 59.8. The molecule has 0 spiro atoms. The molecule has 44 heavy (non-hydrogen) atoms. The molecule has 1 nitrogen and oxygen atoms in total. The molecule has 0 amide bonds. The molecule has 9 aromatic rings. The first-order valence-electron chi connectivity index (χ1n) is 15.0. The van der Waals surface area contributed by atoms with Crippen molar-refractivity contribution in [2.75, 3.05) is 4.90 Å². The van der Waals surface area contributed by atoms with Gasteiger partial charge in [-0.05, 0) is 80.5 Å². The number of fused-ring (bicyclic) bond motifs is 8. The highest BCUT2D eigenvalue weighted by atomic mass is 32.1. The third kappa shape index (κ3) is 4.00. The molecule has 0 saturated carbocycles. The van der Waals surface area contributed by atoms with Gasteiger partial charge in [-0.25, -0.2) is 0 Å². The summed E-state index contributed by atoms with van der Waals surface area (Å²) in [4.78, 5) is 2.44. The van der Waals surface area contributed by atoms with Crippen LogP contribution in [0.25, 0.3) is 63.6 Å². The van der Waals surface area contributed by atoms with Gasteiger partial charge < -0.3 is 4.90 Å². The molecule has 0 aliphatic carbocycles. The van der Waals surface area contributed by atoms with Crippen LogP contribution in [0.2, 0.25) is 0 Å². The van der Waals surface area contributed by atoms with E-state index in [-0.39, 0.29) is 0 Å². The molecule has 0 unspecified atom stereocenters. The van der Waals surface area contributed by atoms with Crippen LogP contribution in [0.4, 0.5) is 17.1 Å². The second kappa shape index (κ2) is 10.1. The van der Waals surface area contributed by atoms with Crippen LogP contribution in [0, 0.1) is 0 Å². The summed E-state index contributed by atoms with van der Waals surface area (Å²) in [5.41, 5.74) is 5.86. The normalized spacial score (nSPS) is 11.6. The summed E-state index contributed by atoms with van der Waals surface area (Å²) in [6.07, 6.45) is 0. The van der Waals surface area contributed by atoms with E-state index in [4.69, 9.17) is 0 Å². The summed E-state index contributed by atoms with van der Waals surface area (Å²) in [6.45, 7) is 0. The lowest BCUT2D eigenvalue weighted by Gasteiger charge is -2.28. The van der Waals surface area contributed by atoms with Crippen LogP contribution in [0.5, 0.6) is 0 Å². The first-order chi connectivity index (χ1) is 21.8. The number of hydrogen-bond acceptors (Lipinski definition) is 2. The van der Waals surface area contributed by atoms with Crippen molar-refractivity contribution >= 4 is 80.9 Å². The number of nitrogens with zero attached hydrogens (tertiary/aromatic N) is 1.